The van der Waals surface area contributed by atoms with Crippen LogP contribution in [0.15, 0.2) is 53.7 Å². The maximum Gasteiger partial charge on any atom is 0.233 e. The summed E-state index contributed by atoms with van der Waals surface area (Å²) in [4.78, 5) is 15.6. The molecule has 0 radical (unpaired) electrons. The van der Waals surface area contributed by atoms with Crippen molar-refractivity contribution in [2.75, 3.05) is 23.7 Å². The highest BCUT2D eigenvalue weighted by Gasteiger charge is 2.13. The van der Waals surface area contributed by atoms with Gasteiger partial charge in [0.05, 0.1) is 0 Å². The van der Waals surface area contributed by atoms with E-state index in [9.17, 15) is 0 Å². The Morgan fingerprint density at radius 2 is 1.27 bits per heavy atom. The minimum absolute atomic E-state index is 0.397. The number of nitrogens with zero attached hydrogens (tertiary/aromatic N) is 4. The van der Waals surface area contributed by atoms with E-state index < -0.39 is 0 Å². The summed E-state index contributed by atoms with van der Waals surface area (Å²) in [6.45, 7) is 5.76. The largest absolute Gasteiger partial charge is 0.358 e. The van der Waals surface area contributed by atoms with Crippen molar-refractivity contribution in [1.29, 1.82) is 0 Å². The van der Waals surface area contributed by atoms with Crippen molar-refractivity contribution >= 4 is 74.8 Å². The molecule has 6 nitrogen and oxygen atoms in total. The first kappa shape index (κ1) is 22.6. The Balaban J connectivity index is 1.88. The molecule has 10 heteroatoms. The number of hydrogen-bond acceptors (Lipinski definition) is 7. The van der Waals surface area contributed by atoms with Gasteiger partial charge >= 0.3 is 0 Å². The summed E-state index contributed by atoms with van der Waals surface area (Å²) in [5.41, 5.74) is 1.62. The van der Waals surface area contributed by atoms with Crippen LogP contribution in [0.3, 0.4) is 0 Å². The number of anilines is 4. The predicted octanol–water partition coefficient (Wildman–Crippen LogP) is 6.38. The molecule has 0 spiro atoms. The second-order valence-corrected chi connectivity index (χ2v) is 8.54. The highest BCUT2D eigenvalue weighted by atomic mass is 35.5. The molecule has 0 fully saturated rings. The fraction of sp³-hybridized carbons (Fsp3) is 0.200. The van der Waals surface area contributed by atoms with E-state index in [1.807, 2.05) is 24.3 Å². The second kappa shape index (κ2) is 10.8. The third kappa shape index (κ3) is 6.43. The van der Waals surface area contributed by atoms with Gasteiger partial charge in [0, 0.05) is 34.5 Å². The van der Waals surface area contributed by atoms with E-state index in [0.717, 1.165) is 24.5 Å². The van der Waals surface area contributed by atoms with E-state index >= 15 is 0 Å². The van der Waals surface area contributed by atoms with Gasteiger partial charge in [-0.1, -0.05) is 35.4 Å². The number of thioether (sulfide) groups is 1. The Morgan fingerprint density at radius 3 is 1.67 bits per heavy atom. The van der Waals surface area contributed by atoms with Gasteiger partial charge in [-0.2, -0.15) is 15.0 Å². The van der Waals surface area contributed by atoms with Gasteiger partial charge in [-0.25, -0.2) is 0 Å². The third-order valence-electron chi connectivity index (χ3n) is 4.02. The molecule has 0 aliphatic rings. The number of thiocarbonyl (C=S) groups is 1. The van der Waals surface area contributed by atoms with Gasteiger partial charge in [-0.05, 0) is 74.1 Å². The molecule has 2 N–H and O–H groups in total. The molecule has 0 unspecified atom stereocenters. The monoisotopic (exact) mass is 478 g/mol. The zero-order chi connectivity index (χ0) is 21.5. The lowest BCUT2D eigenvalue weighted by molar-refractivity contribution is 0.482. The first-order valence-corrected chi connectivity index (χ1v) is 11.2. The van der Waals surface area contributed by atoms with E-state index in [1.165, 1.54) is 11.8 Å². The van der Waals surface area contributed by atoms with Crippen molar-refractivity contribution in [3.05, 3.63) is 58.6 Å². The van der Waals surface area contributed by atoms with Crippen molar-refractivity contribution in [2.45, 2.75) is 19.0 Å². The standard InChI is InChI=1S/C20H20Cl2N6S2/c1-3-28(4-2)20(29)30-19-26-17(23-15-9-5-13(21)6-10-15)25-18(27-19)24-16-11-7-14(22)8-12-16/h5-12H,3-4H2,1-2H3,(H2,23,24,25,26,27). The summed E-state index contributed by atoms with van der Waals surface area (Å²) >= 11 is 18.8. The molecule has 0 aliphatic heterocycles. The summed E-state index contributed by atoms with van der Waals surface area (Å²) in [5.74, 6) is 0.794. The number of hydrogen-bond donors (Lipinski definition) is 2. The van der Waals surface area contributed by atoms with Crippen LogP contribution in [0.25, 0.3) is 0 Å². The molecule has 2 aromatic carbocycles. The first-order chi connectivity index (χ1) is 14.5. The van der Waals surface area contributed by atoms with Crippen LogP contribution in [0, 0.1) is 0 Å². The Kier molecular flexibility index (Phi) is 8.09. The van der Waals surface area contributed by atoms with Crippen molar-refractivity contribution in [3.8, 4) is 0 Å². The molecule has 1 heterocycles. The average molecular weight is 479 g/mol. The van der Waals surface area contributed by atoms with Crippen LogP contribution >= 0.6 is 47.2 Å². The Hall–Kier alpha value is -2.13. The van der Waals surface area contributed by atoms with Gasteiger partial charge in [0.25, 0.3) is 0 Å². The Labute approximate surface area is 195 Å². The average Bonchev–Trinajstić information content (AvgIpc) is 2.72. The molecule has 0 aliphatic carbocycles. The minimum Gasteiger partial charge on any atom is -0.358 e. The number of benzene rings is 2. The van der Waals surface area contributed by atoms with E-state index in [0.29, 0.717) is 31.4 Å². The molecule has 1 aromatic heterocycles. The van der Waals surface area contributed by atoms with Crippen LogP contribution in [0.2, 0.25) is 10.0 Å². The van der Waals surface area contributed by atoms with Gasteiger partial charge in [-0.15, -0.1) is 0 Å². The van der Waals surface area contributed by atoms with Crippen LogP contribution in [-0.4, -0.2) is 37.3 Å². The van der Waals surface area contributed by atoms with Crippen LogP contribution in [0.1, 0.15) is 13.8 Å². The van der Waals surface area contributed by atoms with Gasteiger partial charge in [0.15, 0.2) is 0 Å². The molecule has 3 rings (SSSR count). The molecule has 0 bridgehead atoms. The summed E-state index contributed by atoms with van der Waals surface area (Å²) in [5, 5.41) is 8.17. The number of aromatic nitrogens is 3. The van der Waals surface area contributed by atoms with Crippen molar-refractivity contribution in [2.24, 2.45) is 0 Å². The van der Waals surface area contributed by atoms with Crippen LogP contribution in [0.4, 0.5) is 23.3 Å². The van der Waals surface area contributed by atoms with Gasteiger partial charge < -0.3 is 15.5 Å². The molecule has 0 saturated carbocycles. The van der Waals surface area contributed by atoms with Gasteiger partial charge in [-0.3, -0.25) is 0 Å². The SMILES string of the molecule is CCN(CC)C(=S)Sc1nc(Nc2ccc(Cl)cc2)nc(Nc2ccc(Cl)cc2)n1. The molecule has 3 aromatic rings. The first-order valence-electron chi connectivity index (χ1n) is 9.24. The molecule has 30 heavy (non-hydrogen) atoms. The fourth-order valence-corrected chi connectivity index (χ4v) is 4.00. The lowest BCUT2D eigenvalue weighted by Crippen LogP contribution is -2.26. The molecule has 0 saturated heterocycles. The quantitative estimate of drug-likeness (QED) is 0.299. The van der Waals surface area contributed by atoms with Crippen molar-refractivity contribution < 1.29 is 0 Å². The number of rotatable bonds is 7. The second-order valence-electron chi connectivity index (χ2n) is 6.07. The highest BCUT2D eigenvalue weighted by Crippen LogP contribution is 2.24. The van der Waals surface area contributed by atoms with E-state index in [4.69, 9.17) is 35.4 Å². The van der Waals surface area contributed by atoms with E-state index in [2.05, 4.69) is 44.3 Å². The minimum atomic E-state index is 0.397. The summed E-state index contributed by atoms with van der Waals surface area (Å²) < 4.78 is 0.709. The highest BCUT2D eigenvalue weighted by molar-refractivity contribution is 8.22. The van der Waals surface area contributed by atoms with E-state index in [-0.39, 0.29) is 0 Å². The Bertz CT molecular complexity index is 929. The van der Waals surface area contributed by atoms with Crippen LogP contribution in [-0.2, 0) is 0 Å². The lowest BCUT2D eigenvalue weighted by atomic mass is 10.3. The molecule has 0 amide bonds. The van der Waals surface area contributed by atoms with Crippen molar-refractivity contribution in [3.63, 3.8) is 0 Å². The Morgan fingerprint density at radius 1 is 0.833 bits per heavy atom. The maximum atomic E-state index is 5.97. The topological polar surface area (TPSA) is 66.0 Å². The molecule has 156 valence electrons. The molecular formula is C20H20Cl2N6S2. The summed E-state index contributed by atoms with van der Waals surface area (Å²) in [7, 11) is 0. The van der Waals surface area contributed by atoms with E-state index in [1.54, 1.807) is 24.3 Å². The smallest absolute Gasteiger partial charge is 0.233 e. The predicted molar refractivity (Wildman–Crippen MR) is 131 cm³/mol. The summed E-state index contributed by atoms with van der Waals surface area (Å²) in [6, 6.07) is 14.6. The van der Waals surface area contributed by atoms with Gasteiger partial charge in [0.1, 0.15) is 4.32 Å². The molecule has 0 atom stereocenters. The van der Waals surface area contributed by atoms with Crippen LogP contribution < -0.4 is 10.6 Å². The number of nitrogens with one attached hydrogen (secondary N) is 2. The summed E-state index contributed by atoms with van der Waals surface area (Å²) in [6.07, 6.45) is 0. The maximum absolute atomic E-state index is 5.97. The van der Waals surface area contributed by atoms with Crippen molar-refractivity contribution in [1.82, 2.24) is 19.9 Å². The normalized spacial score (nSPS) is 10.5. The fourth-order valence-electron chi connectivity index (χ4n) is 2.46. The molecular weight excluding hydrogens is 459 g/mol. The number of halogens is 2. The zero-order valence-electron chi connectivity index (χ0n) is 16.4. The lowest BCUT2D eigenvalue weighted by Gasteiger charge is -2.20. The third-order valence-corrected chi connectivity index (χ3v) is 5.83. The van der Waals surface area contributed by atoms with Crippen LogP contribution in [0.5, 0.6) is 0 Å². The van der Waals surface area contributed by atoms with Gasteiger partial charge in [0.2, 0.25) is 17.1 Å². The zero-order valence-corrected chi connectivity index (χ0v) is 19.5.